The fraction of sp³-hybridized carbons (Fsp3) is 0.294. The van der Waals surface area contributed by atoms with E-state index < -0.39 is 0 Å². The molecule has 0 spiro atoms. The van der Waals surface area contributed by atoms with Gasteiger partial charge < -0.3 is 0 Å². The molecule has 2 aromatic rings. The van der Waals surface area contributed by atoms with Gasteiger partial charge in [0.25, 0.3) is 0 Å². The van der Waals surface area contributed by atoms with Crippen molar-refractivity contribution in [1.82, 2.24) is 0 Å². The lowest BCUT2D eigenvalue weighted by Crippen LogP contribution is -2.30. The molecule has 0 fully saturated rings. The largest absolute Gasteiger partial charge is 0.0918 e. The molecule has 0 saturated heterocycles. The molecule has 0 radical (unpaired) electrons. The Balaban J connectivity index is 2.39. The smallest absolute Gasteiger partial charge is 0.0453 e. The van der Waals surface area contributed by atoms with Crippen LogP contribution in [-0.4, -0.2) is 5.33 Å². The lowest BCUT2D eigenvalue weighted by molar-refractivity contribution is 0.464. The van der Waals surface area contributed by atoms with Crippen molar-refractivity contribution in [2.45, 2.75) is 25.2 Å². The Bertz CT molecular complexity index is 562. The molecule has 0 N–H and O–H groups in total. The highest BCUT2D eigenvalue weighted by atomic mass is 79.9. The number of hydrogen-bond acceptors (Lipinski definition) is 0. The number of benzene rings is 2. The van der Waals surface area contributed by atoms with Crippen molar-refractivity contribution >= 4 is 39.1 Å². The third-order valence-electron chi connectivity index (χ3n) is 3.86. The lowest BCUT2D eigenvalue weighted by atomic mass is 9.75. The molecule has 0 aliphatic rings. The summed E-state index contributed by atoms with van der Waals surface area (Å²) in [5.41, 5.74) is 2.53. The molecule has 2 aromatic carbocycles. The molecule has 0 bridgehead atoms. The minimum Gasteiger partial charge on any atom is -0.0918 e. The molecular formula is C17H17BrCl2. The first kappa shape index (κ1) is 15.9. The second-order valence-electron chi connectivity index (χ2n) is 5.05. The van der Waals surface area contributed by atoms with E-state index in [1.165, 1.54) is 5.56 Å². The first-order chi connectivity index (χ1) is 9.61. The van der Waals surface area contributed by atoms with Crippen molar-refractivity contribution in [2.75, 3.05) is 5.33 Å². The quantitative estimate of drug-likeness (QED) is 0.542. The fourth-order valence-corrected chi connectivity index (χ4v) is 3.87. The third-order valence-corrected chi connectivity index (χ3v) is 5.52. The van der Waals surface area contributed by atoms with Crippen LogP contribution in [-0.2, 0) is 11.8 Å². The Morgan fingerprint density at radius 2 is 1.75 bits per heavy atom. The Labute approximate surface area is 139 Å². The van der Waals surface area contributed by atoms with Crippen LogP contribution in [0.3, 0.4) is 0 Å². The summed E-state index contributed by atoms with van der Waals surface area (Å²) < 4.78 is 0. The molecule has 2 rings (SSSR count). The average molecular weight is 372 g/mol. The third kappa shape index (κ3) is 3.39. The molecule has 3 heteroatoms. The Morgan fingerprint density at radius 3 is 2.30 bits per heavy atom. The van der Waals surface area contributed by atoms with Gasteiger partial charge in [0.2, 0.25) is 0 Å². The molecule has 106 valence electrons. The van der Waals surface area contributed by atoms with Crippen LogP contribution in [0.1, 0.15) is 24.5 Å². The van der Waals surface area contributed by atoms with Gasteiger partial charge in [-0.1, -0.05) is 82.5 Å². The second kappa shape index (κ2) is 6.98. The standard InChI is InChI=1S/C17H17BrCl2/c1-2-17(12-18,14-6-4-3-5-7-14)11-13-8-9-15(19)10-16(13)20/h3-10H,2,11-12H2,1H3. The maximum Gasteiger partial charge on any atom is 0.0453 e. The molecule has 1 atom stereocenters. The highest BCUT2D eigenvalue weighted by Gasteiger charge is 2.30. The maximum absolute atomic E-state index is 6.34. The number of rotatable bonds is 5. The summed E-state index contributed by atoms with van der Waals surface area (Å²) in [6.45, 7) is 2.22. The first-order valence-corrected chi connectivity index (χ1v) is 8.54. The molecule has 0 heterocycles. The monoisotopic (exact) mass is 370 g/mol. The predicted molar refractivity (Wildman–Crippen MR) is 92.4 cm³/mol. The van der Waals surface area contributed by atoms with Gasteiger partial charge in [0.15, 0.2) is 0 Å². The summed E-state index contributed by atoms with van der Waals surface area (Å²) in [7, 11) is 0. The van der Waals surface area contributed by atoms with Crippen molar-refractivity contribution in [3.63, 3.8) is 0 Å². The fourth-order valence-electron chi connectivity index (χ4n) is 2.47. The molecule has 1 unspecified atom stereocenters. The van der Waals surface area contributed by atoms with E-state index in [0.717, 1.165) is 28.8 Å². The van der Waals surface area contributed by atoms with E-state index in [-0.39, 0.29) is 5.41 Å². The molecule has 0 saturated carbocycles. The summed E-state index contributed by atoms with van der Waals surface area (Å²) >= 11 is 16.0. The van der Waals surface area contributed by atoms with E-state index in [2.05, 4.69) is 47.1 Å². The Hall–Kier alpha value is -0.500. The van der Waals surface area contributed by atoms with Gasteiger partial charge in [0.05, 0.1) is 0 Å². The van der Waals surface area contributed by atoms with Crippen LogP contribution in [0.2, 0.25) is 10.0 Å². The summed E-state index contributed by atoms with van der Waals surface area (Å²) in [4.78, 5) is 0. The topological polar surface area (TPSA) is 0 Å². The van der Waals surface area contributed by atoms with Crippen LogP contribution in [0.5, 0.6) is 0 Å². The molecule has 0 aromatic heterocycles. The highest BCUT2D eigenvalue weighted by Crippen LogP contribution is 2.36. The minimum atomic E-state index is 0.0543. The Morgan fingerprint density at radius 1 is 1.05 bits per heavy atom. The maximum atomic E-state index is 6.34. The normalized spacial score (nSPS) is 14.0. The summed E-state index contributed by atoms with van der Waals surface area (Å²) in [6.07, 6.45) is 1.94. The second-order valence-corrected chi connectivity index (χ2v) is 6.45. The van der Waals surface area contributed by atoms with Crippen LogP contribution < -0.4 is 0 Å². The van der Waals surface area contributed by atoms with Gasteiger partial charge in [0, 0.05) is 20.8 Å². The van der Waals surface area contributed by atoms with E-state index in [4.69, 9.17) is 23.2 Å². The zero-order chi connectivity index (χ0) is 14.6. The first-order valence-electron chi connectivity index (χ1n) is 6.67. The van der Waals surface area contributed by atoms with Gasteiger partial charge in [0.1, 0.15) is 0 Å². The highest BCUT2D eigenvalue weighted by molar-refractivity contribution is 9.09. The summed E-state index contributed by atoms with van der Waals surface area (Å²) in [5, 5.41) is 2.33. The molecule has 0 amide bonds. The van der Waals surface area contributed by atoms with Crippen molar-refractivity contribution < 1.29 is 0 Å². The number of halogens is 3. The summed E-state index contributed by atoms with van der Waals surface area (Å²) in [6, 6.07) is 16.4. The van der Waals surface area contributed by atoms with Crippen molar-refractivity contribution in [3.05, 3.63) is 69.7 Å². The van der Waals surface area contributed by atoms with Crippen LogP contribution in [0.15, 0.2) is 48.5 Å². The van der Waals surface area contributed by atoms with Crippen LogP contribution in [0.4, 0.5) is 0 Å². The molecular weight excluding hydrogens is 355 g/mol. The van der Waals surface area contributed by atoms with Gasteiger partial charge in [-0.15, -0.1) is 0 Å². The lowest BCUT2D eigenvalue weighted by Gasteiger charge is -2.32. The van der Waals surface area contributed by atoms with Gasteiger partial charge in [-0.3, -0.25) is 0 Å². The molecule has 0 nitrogen and oxygen atoms in total. The van der Waals surface area contributed by atoms with Crippen molar-refractivity contribution in [3.8, 4) is 0 Å². The van der Waals surface area contributed by atoms with E-state index in [0.29, 0.717) is 5.02 Å². The SMILES string of the molecule is CCC(CBr)(Cc1ccc(Cl)cc1Cl)c1ccccc1. The Kier molecular flexibility index (Phi) is 5.54. The van der Waals surface area contributed by atoms with Crippen molar-refractivity contribution in [2.24, 2.45) is 0 Å². The predicted octanol–water partition coefficient (Wildman–Crippen LogP) is 6.28. The number of alkyl halides is 1. The van der Waals surface area contributed by atoms with Crippen LogP contribution in [0.25, 0.3) is 0 Å². The van der Waals surface area contributed by atoms with E-state index >= 15 is 0 Å². The zero-order valence-corrected chi connectivity index (χ0v) is 14.5. The molecule has 0 aliphatic heterocycles. The molecule has 0 aliphatic carbocycles. The van der Waals surface area contributed by atoms with E-state index in [9.17, 15) is 0 Å². The van der Waals surface area contributed by atoms with Gasteiger partial charge in [-0.05, 0) is 36.1 Å². The van der Waals surface area contributed by atoms with Gasteiger partial charge in [-0.25, -0.2) is 0 Å². The van der Waals surface area contributed by atoms with Gasteiger partial charge in [-0.2, -0.15) is 0 Å². The van der Waals surface area contributed by atoms with Crippen LogP contribution in [0, 0.1) is 0 Å². The zero-order valence-electron chi connectivity index (χ0n) is 11.4. The van der Waals surface area contributed by atoms with Crippen molar-refractivity contribution in [1.29, 1.82) is 0 Å². The average Bonchev–Trinajstić information content (AvgIpc) is 2.48. The minimum absolute atomic E-state index is 0.0543. The molecule has 20 heavy (non-hydrogen) atoms. The van der Waals surface area contributed by atoms with Gasteiger partial charge >= 0.3 is 0 Å². The summed E-state index contributed by atoms with van der Waals surface area (Å²) in [5.74, 6) is 0. The number of hydrogen-bond donors (Lipinski definition) is 0. The van der Waals surface area contributed by atoms with Crippen LogP contribution >= 0.6 is 39.1 Å². The van der Waals surface area contributed by atoms with E-state index in [1.54, 1.807) is 0 Å². The van der Waals surface area contributed by atoms with E-state index in [1.807, 2.05) is 24.3 Å².